The normalized spacial score (nSPS) is 20.5. The van der Waals surface area contributed by atoms with Gasteiger partial charge in [0.15, 0.2) is 0 Å². The molecule has 2 rings (SSSR count). The van der Waals surface area contributed by atoms with Gasteiger partial charge in [-0.2, -0.15) is 0 Å². The molecule has 4 heteroatoms. The number of hydrogen-bond acceptors (Lipinski definition) is 3. The van der Waals surface area contributed by atoms with E-state index in [4.69, 9.17) is 4.74 Å². The van der Waals surface area contributed by atoms with Gasteiger partial charge in [0.1, 0.15) is 0 Å². The molecule has 1 aliphatic heterocycles. The fourth-order valence-corrected chi connectivity index (χ4v) is 2.42. The number of rotatable bonds is 1. The zero-order chi connectivity index (χ0) is 12.1. The van der Waals surface area contributed by atoms with E-state index in [1.165, 1.54) is 6.07 Å². The van der Waals surface area contributed by atoms with E-state index in [0.29, 0.717) is 0 Å². The quantitative estimate of drug-likeness (QED) is 0.541. The minimum Gasteiger partial charge on any atom is -0.360 e. The number of fused-ring (bicyclic) bond motifs is 1. The van der Waals surface area contributed by atoms with Crippen molar-refractivity contribution >= 4 is 5.69 Å². The molecule has 0 saturated heterocycles. The smallest absolute Gasteiger partial charge is 0.269 e. The highest BCUT2D eigenvalue weighted by molar-refractivity contribution is 5.47. The molecule has 4 nitrogen and oxygen atoms in total. The van der Waals surface area contributed by atoms with Crippen molar-refractivity contribution in [3.8, 4) is 0 Å². The summed E-state index contributed by atoms with van der Waals surface area (Å²) in [5, 5.41) is 10.7. The molecule has 0 atom stereocenters. The van der Waals surface area contributed by atoms with E-state index in [1.54, 1.807) is 12.1 Å². The van der Waals surface area contributed by atoms with E-state index in [0.717, 1.165) is 11.1 Å². The molecule has 0 spiro atoms. The molecule has 0 aromatic heterocycles. The fourth-order valence-electron chi connectivity index (χ4n) is 2.42. The van der Waals surface area contributed by atoms with Gasteiger partial charge >= 0.3 is 0 Å². The second-order valence-electron chi connectivity index (χ2n) is 5.11. The van der Waals surface area contributed by atoms with Gasteiger partial charge in [-0.1, -0.05) is 0 Å². The molecular weight excluding hydrogens is 206 g/mol. The minimum atomic E-state index is -0.467. The van der Waals surface area contributed by atoms with Crippen LogP contribution in [0.5, 0.6) is 0 Å². The van der Waals surface area contributed by atoms with Crippen LogP contribution in [0.15, 0.2) is 18.2 Å². The first-order valence-electron chi connectivity index (χ1n) is 5.24. The lowest BCUT2D eigenvalue weighted by Gasteiger charge is -2.24. The molecule has 0 fully saturated rings. The van der Waals surface area contributed by atoms with E-state index in [2.05, 4.69) is 0 Å². The van der Waals surface area contributed by atoms with E-state index >= 15 is 0 Å². The van der Waals surface area contributed by atoms with Crippen LogP contribution in [0.2, 0.25) is 0 Å². The van der Waals surface area contributed by atoms with E-state index in [9.17, 15) is 10.1 Å². The second kappa shape index (κ2) is 3.04. The summed E-state index contributed by atoms with van der Waals surface area (Å²) in [6.45, 7) is 7.83. The van der Waals surface area contributed by atoms with Crippen LogP contribution in [0.3, 0.4) is 0 Å². The number of ether oxygens (including phenoxy) is 1. The van der Waals surface area contributed by atoms with Gasteiger partial charge in [-0.25, -0.2) is 0 Å². The first-order chi connectivity index (χ1) is 7.24. The number of nitro groups is 1. The van der Waals surface area contributed by atoms with Gasteiger partial charge in [-0.15, -0.1) is 0 Å². The van der Waals surface area contributed by atoms with Crippen LogP contribution in [-0.4, -0.2) is 4.92 Å². The van der Waals surface area contributed by atoms with Crippen molar-refractivity contribution in [2.45, 2.75) is 38.9 Å². The highest BCUT2D eigenvalue weighted by atomic mass is 16.6. The molecule has 1 aliphatic rings. The Hall–Kier alpha value is -1.42. The maximum atomic E-state index is 10.7. The summed E-state index contributed by atoms with van der Waals surface area (Å²) in [7, 11) is 0. The molecule has 0 amide bonds. The summed E-state index contributed by atoms with van der Waals surface area (Å²) in [4.78, 5) is 10.4. The van der Waals surface area contributed by atoms with Gasteiger partial charge in [0, 0.05) is 12.1 Å². The molecule has 16 heavy (non-hydrogen) atoms. The van der Waals surface area contributed by atoms with Crippen LogP contribution in [0, 0.1) is 10.1 Å². The zero-order valence-electron chi connectivity index (χ0n) is 9.90. The first-order valence-corrected chi connectivity index (χ1v) is 5.24. The fraction of sp³-hybridized carbons (Fsp3) is 0.500. The second-order valence-corrected chi connectivity index (χ2v) is 5.11. The van der Waals surface area contributed by atoms with Crippen LogP contribution in [0.1, 0.15) is 38.8 Å². The van der Waals surface area contributed by atoms with Crippen molar-refractivity contribution in [2.75, 3.05) is 0 Å². The monoisotopic (exact) mass is 221 g/mol. The predicted octanol–water partition coefficient (Wildman–Crippen LogP) is 3.10. The lowest BCUT2D eigenvalue weighted by molar-refractivity contribution is -0.385. The molecule has 1 aromatic carbocycles. The molecule has 1 heterocycles. The maximum absolute atomic E-state index is 10.7. The lowest BCUT2D eigenvalue weighted by atomic mass is 9.90. The van der Waals surface area contributed by atoms with E-state index in [-0.39, 0.29) is 16.2 Å². The van der Waals surface area contributed by atoms with Crippen LogP contribution < -0.4 is 0 Å². The van der Waals surface area contributed by atoms with Gasteiger partial charge in [0.25, 0.3) is 5.69 Å². The van der Waals surface area contributed by atoms with E-state index in [1.807, 2.05) is 27.7 Å². The predicted molar refractivity (Wildman–Crippen MR) is 60.2 cm³/mol. The molecule has 0 radical (unpaired) electrons. The molecule has 0 aliphatic carbocycles. The number of non-ortho nitro benzene ring substituents is 1. The van der Waals surface area contributed by atoms with Gasteiger partial charge in [-0.05, 0) is 44.9 Å². The molecule has 0 bridgehead atoms. The maximum Gasteiger partial charge on any atom is 0.269 e. The summed E-state index contributed by atoms with van der Waals surface area (Å²) >= 11 is 0. The highest BCUT2D eigenvalue weighted by Gasteiger charge is 2.43. The van der Waals surface area contributed by atoms with E-state index < -0.39 is 5.60 Å². The van der Waals surface area contributed by atoms with Crippen LogP contribution in [0.25, 0.3) is 0 Å². The number of hydrogen-bond donors (Lipinski definition) is 0. The third-order valence-corrected chi connectivity index (χ3v) is 3.02. The lowest BCUT2D eigenvalue weighted by Crippen LogP contribution is -2.22. The Labute approximate surface area is 94.4 Å². The van der Waals surface area contributed by atoms with Crippen LogP contribution in [-0.2, 0) is 15.9 Å². The van der Waals surface area contributed by atoms with Crippen LogP contribution in [0.4, 0.5) is 5.69 Å². The van der Waals surface area contributed by atoms with Crippen molar-refractivity contribution in [3.05, 3.63) is 39.4 Å². The molecule has 0 N–H and O–H groups in total. The van der Waals surface area contributed by atoms with Gasteiger partial charge in [-0.3, -0.25) is 10.1 Å². The standard InChI is InChI=1S/C12H15NO3/c1-11(2)9-6-5-8(13(14)15)7-10(9)12(3,4)16-11/h5-7H,1-4H3. The SMILES string of the molecule is CC1(C)OC(C)(C)c2cc([N+](=O)[O-])ccc21. The Morgan fingerprint density at radius 2 is 1.69 bits per heavy atom. The Bertz CT molecular complexity index is 463. The summed E-state index contributed by atoms with van der Waals surface area (Å²) in [5.74, 6) is 0. The van der Waals surface area contributed by atoms with Crippen molar-refractivity contribution in [2.24, 2.45) is 0 Å². The van der Waals surface area contributed by atoms with Crippen molar-refractivity contribution in [3.63, 3.8) is 0 Å². The van der Waals surface area contributed by atoms with Crippen molar-refractivity contribution < 1.29 is 9.66 Å². The third kappa shape index (κ3) is 1.50. The Kier molecular flexibility index (Phi) is 2.11. The topological polar surface area (TPSA) is 52.4 Å². The Morgan fingerprint density at radius 1 is 1.12 bits per heavy atom. The average molecular weight is 221 g/mol. The summed E-state index contributed by atoms with van der Waals surface area (Å²) in [5.41, 5.74) is 1.21. The molecule has 0 saturated carbocycles. The Balaban J connectivity index is 2.63. The largest absolute Gasteiger partial charge is 0.360 e. The molecule has 86 valence electrons. The summed E-state index contributed by atoms with van der Waals surface area (Å²) < 4.78 is 5.92. The van der Waals surface area contributed by atoms with Gasteiger partial charge in [0.05, 0.1) is 16.1 Å². The third-order valence-electron chi connectivity index (χ3n) is 3.02. The number of nitro benzene ring substituents is 1. The molecular formula is C12H15NO3. The summed E-state index contributed by atoms with van der Waals surface area (Å²) in [6, 6.07) is 4.94. The molecule has 0 unspecified atom stereocenters. The highest BCUT2D eigenvalue weighted by Crippen LogP contribution is 2.47. The van der Waals surface area contributed by atoms with Gasteiger partial charge in [0.2, 0.25) is 0 Å². The molecule has 1 aromatic rings. The number of nitrogens with zero attached hydrogens (tertiary/aromatic N) is 1. The minimum absolute atomic E-state index is 0.119. The van der Waals surface area contributed by atoms with Crippen LogP contribution >= 0.6 is 0 Å². The van der Waals surface area contributed by atoms with Crippen molar-refractivity contribution in [1.82, 2.24) is 0 Å². The first kappa shape index (κ1) is 11.1. The summed E-state index contributed by atoms with van der Waals surface area (Å²) in [6.07, 6.45) is 0. The number of benzene rings is 1. The van der Waals surface area contributed by atoms with Gasteiger partial charge < -0.3 is 4.74 Å². The van der Waals surface area contributed by atoms with Crippen molar-refractivity contribution in [1.29, 1.82) is 0 Å². The zero-order valence-corrected chi connectivity index (χ0v) is 9.90. The Morgan fingerprint density at radius 3 is 2.25 bits per heavy atom. The average Bonchev–Trinajstić information content (AvgIpc) is 2.32.